The van der Waals surface area contributed by atoms with Crippen molar-refractivity contribution in [2.24, 2.45) is 0 Å². The van der Waals surface area contributed by atoms with Crippen LogP contribution in [0.15, 0.2) is 72.9 Å². The van der Waals surface area contributed by atoms with Gasteiger partial charge in [0.05, 0.1) is 24.3 Å². The molecule has 3 aromatic carbocycles. The molecule has 2 amide bonds. The van der Waals surface area contributed by atoms with Gasteiger partial charge >= 0.3 is 0 Å². The molecule has 4 rings (SSSR count). The number of amides is 2. The minimum atomic E-state index is -0.477. The van der Waals surface area contributed by atoms with E-state index in [9.17, 15) is 14.7 Å². The number of hydrogen-bond donors (Lipinski definition) is 4. The van der Waals surface area contributed by atoms with Crippen molar-refractivity contribution in [3.63, 3.8) is 0 Å². The molecule has 0 unspecified atom stereocenters. The number of fused-ring (bicyclic) bond motifs is 1. The summed E-state index contributed by atoms with van der Waals surface area (Å²) >= 11 is 0. The van der Waals surface area contributed by atoms with E-state index in [0.717, 1.165) is 27.6 Å². The van der Waals surface area contributed by atoms with Gasteiger partial charge in [0, 0.05) is 41.7 Å². The summed E-state index contributed by atoms with van der Waals surface area (Å²) in [6.45, 7) is 3.60. The molecule has 0 bridgehead atoms. The van der Waals surface area contributed by atoms with E-state index in [1.807, 2.05) is 74.6 Å². The summed E-state index contributed by atoms with van der Waals surface area (Å²) in [4.78, 5) is 28.1. The van der Waals surface area contributed by atoms with Gasteiger partial charge in [-0.2, -0.15) is 0 Å². The lowest BCUT2D eigenvalue weighted by molar-refractivity contribution is -0.120. The van der Waals surface area contributed by atoms with Crippen LogP contribution >= 0.6 is 0 Å². The number of benzene rings is 3. The summed E-state index contributed by atoms with van der Waals surface area (Å²) in [5.74, 6) is 6.42. The molecule has 7 heteroatoms. The number of carbonyl (C=O) groups is 2. The summed E-state index contributed by atoms with van der Waals surface area (Å²) in [5, 5.41) is 16.7. The second-order valence-corrected chi connectivity index (χ2v) is 9.91. The Balaban J connectivity index is 1.50. The fraction of sp³-hybridized carbons (Fsp3) is 0.273. The number of carbonyl (C=O) groups excluding carboxylic acids is 2. The van der Waals surface area contributed by atoms with Crippen LogP contribution in [0.2, 0.25) is 0 Å². The Morgan fingerprint density at radius 2 is 1.73 bits per heavy atom. The van der Waals surface area contributed by atoms with E-state index in [0.29, 0.717) is 36.1 Å². The fourth-order valence-corrected chi connectivity index (χ4v) is 4.41. The topological polar surface area (TPSA) is 103 Å². The third kappa shape index (κ3) is 7.52. The molecule has 0 aliphatic heterocycles. The SMILES string of the molecule is CNC(=O)CCc1ccc(C#Cc2ccc(OC(C)C)c(C(=O)N[C@@H](CO)Cc3c[nH]c4ccccc34)c2)cc1. The molecule has 1 heterocycles. The maximum atomic E-state index is 13.4. The minimum absolute atomic E-state index is 0.0110. The summed E-state index contributed by atoms with van der Waals surface area (Å²) in [5.41, 5.74) is 4.96. The van der Waals surface area contributed by atoms with Gasteiger partial charge in [-0.1, -0.05) is 42.2 Å². The van der Waals surface area contributed by atoms with Crippen LogP contribution in [0.3, 0.4) is 0 Å². The van der Waals surface area contributed by atoms with Crippen LogP contribution in [-0.4, -0.2) is 47.7 Å². The van der Waals surface area contributed by atoms with E-state index in [4.69, 9.17) is 4.74 Å². The van der Waals surface area contributed by atoms with Crippen molar-refractivity contribution in [3.8, 4) is 17.6 Å². The highest BCUT2D eigenvalue weighted by molar-refractivity contribution is 5.97. The van der Waals surface area contributed by atoms with Crippen LogP contribution in [0.5, 0.6) is 5.75 Å². The lowest BCUT2D eigenvalue weighted by atomic mass is 10.0. The molecule has 206 valence electrons. The first-order valence-electron chi connectivity index (χ1n) is 13.4. The molecule has 1 atom stereocenters. The monoisotopic (exact) mass is 537 g/mol. The molecule has 7 nitrogen and oxygen atoms in total. The van der Waals surface area contributed by atoms with Crippen molar-refractivity contribution in [1.29, 1.82) is 0 Å². The second-order valence-electron chi connectivity index (χ2n) is 9.91. The van der Waals surface area contributed by atoms with Crippen LogP contribution in [-0.2, 0) is 17.6 Å². The molecular weight excluding hydrogens is 502 g/mol. The number of aliphatic hydroxyl groups excluding tert-OH is 1. The molecule has 0 spiro atoms. The second kappa shape index (κ2) is 13.5. The number of aliphatic hydroxyl groups is 1. The first-order valence-corrected chi connectivity index (χ1v) is 13.4. The van der Waals surface area contributed by atoms with Crippen LogP contribution in [0.4, 0.5) is 0 Å². The van der Waals surface area contributed by atoms with E-state index in [-0.39, 0.29) is 24.5 Å². The van der Waals surface area contributed by atoms with Crippen molar-refractivity contribution in [2.45, 2.75) is 45.3 Å². The van der Waals surface area contributed by atoms with Crippen molar-refractivity contribution >= 4 is 22.7 Å². The molecule has 1 aromatic heterocycles. The lowest BCUT2D eigenvalue weighted by Crippen LogP contribution is -2.39. The average Bonchev–Trinajstić information content (AvgIpc) is 3.37. The maximum Gasteiger partial charge on any atom is 0.255 e. The summed E-state index contributed by atoms with van der Waals surface area (Å²) in [6, 6.07) is 20.6. The van der Waals surface area contributed by atoms with Gasteiger partial charge in [0.15, 0.2) is 0 Å². The van der Waals surface area contributed by atoms with E-state index in [1.54, 1.807) is 19.2 Å². The predicted octanol–water partition coefficient (Wildman–Crippen LogP) is 4.37. The highest BCUT2D eigenvalue weighted by Gasteiger charge is 2.19. The van der Waals surface area contributed by atoms with Crippen LogP contribution in [0, 0.1) is 11.8 Å². The summed E-state index contributed by atoms with van der Waals surface area (Å²) in [6.07, 6.45) is 3.38. The van der Waals surface area contributed by atoms with E-state index >= 15 is 0 Å². The number of para-hydroxylation sites is 1. The van der Waals surface area contributed by atoms with Crippen LogP contribution in [0.25, 0.3) is 10.9 Å². The van der Waals surface area contributed by atoms with Crippen LogP contribution in [0.1, 0.15) is 52.9 Å². The lowest BCUT2D eigenvalue weighted by Gasteiger charge is -2.19. The summed E-state index contributed by atoms with van der Waals surface area (Å²) < 4.78 is 5.92. The first kappa shape index (κ1) is 28.5. The Labute approximate surface area is 235 Å². The molecule has 4 aromatic rings. The standard InChI is InChI=1S/C33H35N3O4/c1-22(2)40-31-16-14-25(13-12-23-8-10-24(11-9-23)15-17-32(38)34-3)18-29(31)33(39)36-27(21-37)19-26-20-35-30-7-5-4-6-28(26)30/h4-11,14,16,18,20,22,27,35,37H,15,17,19,21H2,1-3H3,(H,34,38)(H,36,39)/t27-/m1/s1. The smallest absolute Gasteiger partial charge is 0.255 e. The number of ether oxygens (including phenoxy) is 1. The quantitative estimate of drug-likeness (QED) is 0.226. The van der Waals surface area contributed by atoms with E-state index in [2.05, 4.69) is 27.5 Å². The Hall–Kier alpha value is -4.54. The molecule has 40 heavy (non-hydrogen) atoms. The average molecular weight is 538 g/mol. The summed E-state index contributed by atoms with van der Waals surface area (Å²) in [7, 11) is 1.63. The Morgan fingerprint density at radius 3 is 2.45 bits per heavy atom. The van der Waals surface area contributed by atoms with Crippen molar-refractivity contribution in [1.82, 2.24) is 15.6 Å². The van der Waals surface area contributed by atoms with E-state index in [1.165, 1.54) is 0 Å². The maximum absolute atomic E-state index is 13.4. The number of aromatic nitrogens is 1. The predicted molar refractivity (Wildman–Crippen MR) is 157 cm³/mol. The Kier molecular flexibility index (Phi) is 9.61. The van der Waals surface area contributed by atoms with Gasteiger partial charge in [-0.25, -0.2) is 0 Å². The third-order valence-corrected chi connectivity index (χ3v) is 6.51. The molecule has 4 N–H and O–H groups in total. The largest absolute Gasteiger partial charge is 0.490 e. The zero-order valence-electron chi connectivity index (χ0n) is 23.1. The van der Waals surface area contributed by atoms with Crippen molar-refractivity contribution in [2.75, 3.05) is 13.7 Å². The highest BCUT2D eigenvalue weighted by atomic mass is 16.5. The van der Waals surface area contributed by atoms with Gasteiger partial charge < -0.3 is 25.5 Å². The van der Waals surface area contributed by atoms with Gasteiger partial charge in [0.1, 0.15) is 5.75 Å². The van der Waals surface area contributed by atoms with Gasteiger partial charge in [0.25, 0.3) is 5.91 Å². The number of H-pyrrole nitrogens is 1. The van der Waals surface area contributed by atoms with Gasteiger partial charge in [-0.05, 0) is 74.2 Å². The molecule has 0 radical (unpaired) electrons. The Bertz CT molecular complexity index is 1530. The minimum Gasteiger partial charge on any atom is -0.490 e. The molecule has 0 saturated heterocycles. The number of aryl methyl sites for hydroxylation is 1. The van der Waals surface area contributed by atoms with Gasteiger partial charge in [0.2, 0.25) is 5.91 Å². The van der Waals surface area contributed by atoms with Crippen molar-refractivity contribution < 1.29 is 19.4 Å². The molecule has 0 aliphatic carbocycles. The molecule has 0 fully saturated rings. The molecule has 0 saturated carbocycles. The number of rotatable bonds is 10. The number of hydrogen-bond acceptors (Lipinski definition) is 4. The van der Waals surface area contributed by atoms with Crippen molar-refractivity contribution in [3.05, 3.63) is 101 Å². The fourth-order valence-electron chi connectivity index (χ4n) is 4.41. The molecular formula is C33H35N3O4. The molecule has 0 aliphatic rings. The zero-order chi connectivity index (χ0) is 28.5. The number of nitrogens with one attached hydrogen (secondary N) is 3. The highest BCUT2D eigenvalue weighted by Crippen LogP contribution is 2.23. The van der Waals surface area contributed by atoms with Gasteiger partial charge in [-0.15, -0.1) is 0 Å². The normalized spacial score (nSPS) is 11.5. The van der Waals surface area contributed by atoms with Gasteiger partial charge in [-0.3, -0.25) is 9.59 Å². The number of aromatic amines is 1. The third-order valence-electron chi connectivity index (χ3n) is 6.51. The first-order chi connectivity index (χ1) is 19.4. The zero-order valence-corrected chi connectivity index (χ0v) is 23.1. The Morgan fingerprint density at radius 1 is 1.00 bits per heavy atom. The van der Waals surface area contributed by atoms with E-state index < -0.39 is 6.04 Å². The van der Waals surface area contributed by atoms with Crippen LogP contribution < -0.4 is 15.4 Å².